The highest BCUT2D eigenvalue weighted by molar-refractivity contribution is 7.89. The lowest BCUT2D eigenvalue weighted by Crippen LogP contribution is -2.45. The second-order valence-electron chi connectivity index (χ2n) is 4.53. The molecule has 0 radical (unpaired) electrons. The smallest absolute Gasteiger partial charge is 0.246 e. The number of aryl methyl sites for hydroxylation is 2. The Hall–Kier alpha value is -0.920. The van der Waals surface area contributed by atoms with E-state index < -0.39 is 10.0 Å². The first kappa shape index (κ1) is 12.5. The molecule has 17 heavy (non-hydrogen) atoms. The van der Waals surface area contributed by atoms with E-state index in [2.05, 4.69) is 10.2 Å². The predicted molar refractivity (Wildman–Crippen MR) is 64.0 cm³/mol. The molecule has 6 nitrogen and oxygen atoms in total. The highest BCUT2D eigenvalue weighted by atomic mass is 32.2. The van der Waals surface area contributed by atoms with Gasteiger partial charge in [-0.1, -0.05) is 0 Å². The zero-order valence-corrected chi connectivity index (χ0v) is 10.9. The van der Waals surface area contributed by atoms with Crippen LogP contribution in [0.4, 0.5) is 0 Å². The van der Waals surface area contributed by atoms with Crippen LogP contribution in [0.25, 0.3) is 0 Å². The highest BCUT2D eigenvalue weighted by Gasteiger charge is 2.32. The molecule has 1 aliphatic heterocycles. The quantitative estimate of drug-likeness (QED) is 0.789. The summed E-state index contributed by atoms with van der Waals surface area (Å²) >= 11 is 0. The number of nitrogens with zero attached hydrogens (tertiary/aromatic N) is 2. The van der Waals surface area contributed by atoms with Crippen molar-refractivity contribution in [2.75, 3.05) is 13.1 Å². The van der Waals surface area contributed by atoms with Crippen molar-refractivity contribution in [2.24, 2.45) is 5.73 Å². The van der Waals surface area contributed by atoms with E-state index >= 15 is 0 Å². The Morgan fingerprint density at radius 3 is 2.71 bits per heavy atom. The van der Waals surface area contributed by atoms with Crippen molar-refractivity contribution in [2.45, 2.75) is 37.6 Å². The molecule has 0 amide bonds. The largest absolute Gasteiger partial charge is 0.327 e. The first-order valence-corrected chi connectivity index (χ1v) is 7.14. The fourth-order valence-corrected chi connectivity index (χ4v) is 4.11. The zero-order chi connectivity index (χ0) is 12.6. The van der Waals surface area contributed by atoms with Gasteiger partial charge in [-0.2, -0.15) is 9.40 Å². The molecule has 1 aromatic rings. The number of aromatic amines is 1. The summed E-state index contributed by atoms with van der Waals surface area (Å²) < 4.78 is 26.4. The van der Waals surface area contributed by atoms with Crippen molar-refractivity contribution in [1.82, 2.24) is 14.5 Å². The van der Waals surface area contributed by atoms with E-state index in [1.54, 1.807) is 13.8 Å². The minimum Gasteiger partial charge on any atom is -0.327 e. The standard InChI is InChI=1S/C10H18N4O2S/c1-7-10(8(2)13-12-7)17(15,16)14-5-3-4-9(11)6-14/h9H,3-6,11H2,1-2H3,(H,12,13)/t9-/m1/s1. The van der Waals surface area contributed by atoms with Gasteiger partial charge in [-0.15, -0.1) is 0 Å². The van der Waals surface area contributed by atoms with Gasteiger partial charge in [0.1, 0.15) is 4.90 Å². The van der Waals surface area contributed by atoms with E-state index in [9.17, 15) is 8.42 Å². The summed E-state index contributed by atoms with van der Waals surface area (Å²) in [5.41, 5.74) is 6.92. The second-order valence-corrected chi connectivity index (χ2v) is 6.40. The molecule has 0 bridgehead atoms. The fraction of sp³-hybridized carbons (Fsp3) is 0.700. The summed E-state index contributed by atoms with van der Waals surface area (Å²) in [5, 5.41) is 6.64. The van der Waals surface area contributed by atoms with E-state index in [-0.39, 0.29) is 6.04 Å². The number of rotatable bonds is 2. The molecular weight excluding hydrogens is 240 g/mol. The molecule has 1 atom stereocenters. The lowest BCUT2D eigenvalue weighted by Gasteiger charge is -2.29. The topological polar surface area (TPSA) is 92.1 Å². The summed E-state index contributed by atoms with van der Waals surface area (Å²) in [4.78, 5) is 0.298. The number of H-pyrrole nitrogens is 1. The Kier molecular flexibility index (Phi) is 3.24. The summed E-state index contributed by atoms with van der Waals surface area (Å²) in [6.07, 6.45) is 1.70. The number of nitrogens with two attached hydrogens (primary N) is 1. The molecule has 0 spiro atoms. The molecule has 1 aliphatic rings. The van der Waals surface area contributed by atoms with Crippen molar-refractivity contribution in [1.29, 1.82) is 0 Å². The third kappa shape index (κ3) is 2.22. The summed E-state index contributed by atoms with van der Waals surface area (Å²) in [7, 11) is -3.45. The molecule has 7 heteroatoms. The van der Waals surface area contributed by atoms with Crippen molar-refractivity contribution >= 4 is 10.0 Å². The van der Waals surface area contributed by atoms with Crippen LogP contribution in [0.3, 0.4) is 0 Å². The van der Waals surface area contributed by atoms with Gasteiger partial charge in [0.2, 0.25) is 10.0 Å². The summed E-state index contributed by atoms with van der Waals surface area (Å²) in [6, 6.07) is -0.0639. The fourth-order valence-electron chi connectivity index (χ4n) is 2.24. The first-order chi connectivity index (χ1) is 7.93. The Bertz CT molecular complexity index is 489. The minimum atomic E-state index is -3.45. The third-order valence-corrected chi connectivity index (χ3v) is 5.21. The lowest BCUT2D eigenvalue weighted by molar-refractivity contribution is 0.316. The van der Waals surface area contributed by atoms with E-state index in [1.165, 1.54) is 4.31 Å². The molecule has 2 heterocycles. The van der Waals surface area contributed by atoms with Gasteiger partial charge >= 0.3 is 0 Å². The number of piperidine rings is 1. The molecule has 1 saturated heterocycles. The molecule has 0 unspecified atom stereocenters. The highest BCUT2D eigenvalue weighted by Crippen LogP contribution is 2.24. The Morgan fingerprint density at radius 2 is 2.18 bits per heavy atom. The predicted octanol–water partition coefficient (Wildman–Crippen LogP) is 0.138. The SMILES string of the molecule is Cc1n[nH]c(C)c1S(=O)(=O)N1CCC[C@@H](N)C1. The maximum Gasteiger partial charge on any atom is 0.246 e. The van der Waals surface area contributed by atoms with Gasteiger partial charge < -0.3 is 5.73 Å². The normalized spacial score (nSPS) is 22.9. The van der Waals surface area contributed by atoms with Gasteiger partial charge in [-0.05, 0) is 26.7 Å². The molecule has 0 aliphatic carbocycles. The van der Waals surface area contributed by atoms with Gasteiger partial charge in [0.05, 0.1) is 11.4 Å². The van der Waals surface area contributed by atoms with Crippen LogP contribution in [0, 0.1) is 13.8 Å². The van der Waals surface area contributed by atoms with Crippen LogP contribution in [-0.2, 0) is 10.0 Å². The van der Waals surface area contributed by atoms with Crippen LogP contribution >= 0.6 is 0 Å². The van der Waals surface area contributed by atoms with Crippen LogP contribution in [0.2, 0.25) is 0 Å². The molecule has 1 fully saturated rings. The number of hydrogen-bond acceptors (Lipinski definition) is 4. The van der Waals surface area contributed by atoms with Crippen LogP contribution in [0.15, 0.2) is 4.90 Å². The number of hydrogen-bond donors (Lipinski definition) is 2. The van der Waals surface area contributed by atoms with Crippen LogP contribution in [0.1, 0.15) is 24.2 Å². The number of sulfonamides is 1. The molecule has 0 saturated carbocycles. The maximum atomic E-state index is 12.4. The Morgan fingerprint density at radius 1 is 1.47 bits per heavy atom. The van der Waals surface area contributed by atoms with E-state index in [4.69, 9.17) is 5.73 Å². The molecule has 3 N–H and O–H groups in total. The van der Waals surface area contributed by atoms with Crippen molar-refractivity contribution < 1.29 is 8.42 Å². The molecule has 1 aromatic heterocycles. The van der Waals surface area contributed by atoms with E-state index in [1.807, 2.05) is 0 Å². The zero-order valence-electron chi connectivity index (χ0n) is 10.1. The summed E-state index contributed by atoms with van der Waals surface area (Å²) in [6.45, 7) is 4.35. The van der Waals surface area contributed by atoms with Gasteiger partial charge in [-0.3, -0.25) is 5.10 Å². The average Bonchev–Trinajstić information content (AvgIpc) is 2.59. The Labute approximate surface area is 101 Å². The van der Waals surface area contributed by atoms with Crippen molar-refractivity contribution in [3.63, 3.8) is 0 Å². The van der Waals surface area contributed by atoms with Gasteiger partial charge in [-0.25, -0.2) is 8.42 Å². The Balaban J connectivity index is 2.36. The summed E-state index contributed by atoms with van der Waals surface area (Å²) in [5.74, 6) is 0. The third-order valence-electron chi connectivity index (χ3n) is 3.08. The van der Waals surface area contributed by atoms with Crippen LogP contribution in [0.5, 0.6) is 0 Å². The molecule has 2 rings (SSSR count). The molecular formula is C10H18N4O2S. The van der Waals surface area contributed by atoms with Gasteiger partial charge in [0, 0.05) is 19.1 Å². The lowest BCUT2D eigenvalue weighted by atomic mass is 10.1. The van der Waals surface area contributed by atoms with E-state index in [0.29, 0.717) is 29.4 Å². The molecule has 0 aromatic carbocycles. The van der Waals surface area contributed by atoms with Crippen molar-refractivity contribution in [3.05, 3.63) is 11.4 Å². The van der Waals surface area contributed by atoms with Crippen molar-refractivity contribution in [3.8, 4) is 0 Å². The minimum absolute atomic E-state index is 0.0639. The average molecular weight is 258 g/mol. The maximum absolute atomic E-state index is 12.4. The van der Waals surface area contributed by atoms with Crippen LogP contribution < -0.4 is 5.73 Å². The first-order valence-electron chi connectivity index (χ1n) is 5.70. The number of nitrogens with one attached hydrogen (secondary N) is 1. The van der Waals surface area contributed by atoms with E-state index in [0.717, 1.165) is 12.8 Å². The van der Waals surface area contributed by atoms with Gasteiger partial charge in [0.25, 0.3) is 0 Å². The number of aromatic nitrogens is 2. The van der Waals surface area contributed by atoms with Crippen LogP contribution in [-0.4, -0.2) is 42.1 Å². The van der Waals surface area contributed by atoms with Gasteiger partial charge in [0.15, 0.2) is 0 Å². The monoisotopic (exact) mass is 258 g/mol. The molecule has 96 valence electrons. The second kappa shape index (κ2) is 4.40.